The molecule has 2 aromatic carbocycles. The molecule has 1 fully saturated rings. The molecule has 1 amide bonds. The molecule has 1 atom stereocenters. The highest BCUT2D eigenvalue weighted by molar-refractivity contribution is 7.91. The lowest BCUT2D eigenvalue weighted by Crippen LogP contribution is -2.41. The smallest absolute Gasteiger partial charge is 0.250 e. The molecule has 7 nitrogen and oxygen atoms in total. The van der Waals surface area contributed by atoms with E-state index in [-0.39, 0.29) is 16.0 Å². The molecule has 1 saturated heterocycles. The Morgan fingerprint density at radius 2 is 2.07 bits per heavy atom. The second kappa shape index (κ2) is 7.99. The van der Waals surface area contributed by atoms with Crippen molar-refractivity contribution in [3.8, 4) is 0 Å². The van der Waals surface area contributed by atoms with Crippen molar-refractivity contribution in [1.29, 1.82) is 5.41 Å². The SMILES string of the molecule is N=C(N)c1cccc(CN2CC[C@H](NS(=O)(=O)c3cc4cc(Cl)ccc4s3)C2=O)c1. The molecule has 1 aromatic heterocycles. The van der Waals surface area contributed by atoms with Crippen molar-refractivity contribution >= 4 is 54.8 Å². The van der Waals surface area contributed by atoms with Crippen LogP contribution in [0.3, 0.4) is 0 Å². The summed E-state index contributed by atoms with van der Waals surface area (Å²) in [6, 6.07) is 13.1. The Morgan fingerprint density at radius 3 is 2.83 bits per heavy atom. The highest BCUT2D eigenvalue weighted by atomic mass is 35.5. The quantitative estimate of drug-likeness (QED) is 0.385. The third-order valence-electron chi connectivity index (χ3n) is 4.93. The summed E-state index contributed by atoms with van der Waals surface area (Å²) < 4.78 is 29.2. The molecule has 0 radical (unpaired) electrons. The van der Waals surface area contributed by atoms with Crippen LogP contribution in [-0.4, -0.2) is 37.6 Å². The van der Waals surface area contributed by atoms with E-state index < -0.39 is 16.1 Å². The van der Waals surface area contributed by atoms with Gasteiger partial charge in [0.05, 0.1) is 0 Å². The summed E-state index contributed by atoms with van der Waals surface area (Å²) in [7, 11) is -3.83. The normalized spacial score (nSPS) is 17.0. The van der Waals surface area contributed by atoms with Gasteiger partial charge in [0.15, 0.2) is 0 Å². The molecule has 1 aliphatic heterocycles. The van der Waals surface area contributed by atoms with Crippen LogP contribution in [0.4, 0.5) is 0 Å². The maximum atomic E-state index is 12.8. The molecule has 0 spiro atoms. The molecular formula is C20H19ClN4O3S2. The number of rotatable bonds is 6. The Hall–Kier alpha value is -2.46. The van der Waals surface area contributed by atoms with E-state index in [9.17, 15) is 13.2 Å². The molecule has 4 rings (SSSR count). The van der Waals surface area contributed by atoms with E-state index in [4.69, 9.17) is 22.7 Å². The van der Waals surface area contributed by atoms with E-state index in [2.05, 4.69) is 4.72 Å². The van der Waals surface area contributed by atoms with Gasteiger partial charge in [-0.3, -0.25) is 10.2 Å². The van der Waals surface area contributed by atoms with Crippen LogP contribution in [0, 0.1) is 5.41 Å². The summed E-state index contributed by atoms with van der Waals surface area (Å²) in [6.07, 6.45) is 0.390. The summed E-state index contributed by atoms with van der Waals surface area (Å²) in [6.45, 7) is 0.776. The van der Waals surface area contributed by atoms with Crippen LogP contribution < -0.4 is 10.5 Å². The molecule has 0 aliphatic carbocycles. The van der Waals surface area contributed by atoms with Crippen molar-refractivity contribution in [3.63, 3.8) is 0 Å². The highest BCUT2D eigenvalue weighted by Gasteiger charge is 2.35. The number of nitrogen functional groups attached to an aromatic ring is 1. The van der Waals surface area contributed by atoms with Gasteiger partial charge in [-0.2, -0.15) is 4.72 Å². The Kier molecular flexibility index (Phi) is 5.54. The van der Waals surface area contributed by atoms with Crippen molar-refractivity contribution in [2.75, 3.05) is 6.54 Å². The first-order valence-electron chi connectivity index (χ1n) is 9.16. The number of amides is 1. The van der Waals surface area contributed by atoms with E-state index in [1.807, 2.05) is 6.07 Å². The molecule has 4 N–H and O–H groups in total. The number of benzene rings is 2. The van der Waals surface area contributed by atoms with E-state index in [0.717, 1.165) is 27.0 Å². The minimum absolute atomic E-state index is 0.0418. The first-order chi connectivity index (χ1) is 14.2. The second-order valence-electron chi connectivity index (χ2n) is 7.08. The first-order valence-corrected chi connectivity index (χ1v) is 11.8. The minimum Gasteiger partial charge on any atom is -0.384 e. The Labute approximate surface area is 183 Å². The molecular weight excluding hydrogens is 444 g/mol. The Balaban J connectivity index is 1.48. The number of hydrogen-bond donors (Lipinski definition) is 3. The Bertz CT molecular complexity index is 1260. The second-order valence-corrected chi connectivity index (χ2v) is 10.5. The maximum absolute atomic E-state index is 12.8. The van der Waals surface area contributed by atoms with Gasteiger partial charge in [0.2, 0.25) is 5.91 Å². The lowest BCUT2D eigenvalue weighted by molar-refractivity contribution is -0.129. The molecule has 10 heteroatoms. The van der Waals surface area contributed by atoms with Crippen molar-refractivity contribution in [1.82, 2.24) is 9.62 Å². The number of nitrogens with one attached hydrogen (secondary N) is 2. The van der Waals surface area contributed by atoms with Crippen LogP contribution in [0.25, 0.3) is 10.1 Å². The number of hydrogen-bond acceptors (Lipinski definition) is 5. The largest absolute Gasteiger partial charge is 0.384 e. The number of amidine groups is 1. The fourth-order valence-corrected chi connectivity index (χ4v) is 6.23. The van der Waals surface area contributed by atoms with Gasteiger partial charge in [0.1, 0.15) is 16.1 Å². The van der Waals surface area contributed by atoms with Gasteiger partial charge in [-0.05, 0) is 47.7 Å². The van der Waals surface area contributed by atoms with Crippen molar-refractivity contribution < 1.29 is 13.2 Å². The molecule has 0 unspecified atom stereocenters. The number of sulfonamides is 1. The van der Waals surface area contributed by atoms with Crippen LogP contribution in [0.15, 0.2) is 52.7 Å². The average molecular weight is 463 g/mol. The summed E-state index contributed by atoms with van der Waals surface area (Å²) >= 11 is 7.12. The van der Waals surface area contributed by atoms with E-state index in [1.54, 1.807) is 47.4 Å². The zero-order valence-electron chi connectivity index (χ0n) is 15.8. The predicted molar refractivity (Wildman–Crippen MR) is 118 cm³/mol. The van der Waals surface area contributed by atoms with Crippen LogP contribution >= 0.6 is 22.9 Å². The zero-order valence-corrected chi connectivity index (χ0v) is 18.2. The fraction of sp³-hybridized carbons (Fsp3) is 0.200. The van der Waals surface area contributed by atoms with Crippen LogP contribution in [0.5, 0.6) is 0 Å². The van der Waals surface area contributed by atoms with Crippen molar-refractivity contribution in [2.24, 2.45) is 5.73 Å². The van der Waals surface area contributed by atoms with Gasteiger partial charge in [0.25, 0.3) is 10.0 Å². The topological polar surface area (TPSA) is 116 Å². The standard InChI is InChI=1S/C20H19ClN4O3S2/c21-15-4-5-17-14(9-15)10-18(29-17)30(27,28)24-16-6-7-25(20(16)26)11-12-2-1-3-13(8-12)19(22)23/h1-5,8-10,16,24H,6-7,11H2,(H3,22,23)/t16-/m0/s1. The maximum Gasteiger partial charge on any atom is 0.250 e. The molecule has 156 valence electrons. The number of nitrogens with two attached hydrogens (primary N) is 1. The third kappa shape index (κ3) is 4.20. The van der Waals surface area contributed by atoms with Gasteiger partial charge in [-0.25, -0.2) is 8.42 Å². The van der Waals surface area contributed by atoms with E-state index in [1.165, 1.54) is 0 Å². The van der Waals surface area contributed by atoms with Gasteiger partial charge in [-0.1, -0.05) is 29.8 Å². The average Bonchev–Trinajstić information content (AvgIpc) is 3.27. The van der Waals surface area contributed by atoms with Gasteiger partial charge >= 0.3 is 0 Å². The number of fused-ring (bicyclic) bond motifs is 1. The third-order valence-corrected chi connectivity index (χ3v) is 8.22. The van der Waals surface area contributed by atoms with Gasteiger partial charge in [0, 0.05) is 28.4 Å². The number of carbonyl (C=O) groups is 1. The fourth-order valence-electron chi connectivity index (χ4n) is 3.43. The zero-order chi connectivity index (χ0) is 21.5. The first kappa shape index (κ1) is 20.8. The highest BCUT2D eigenvalue weighted by Crippen LogP contribution is 2.31. The number of thiophene rings is 1. The predicted octanol–water partition coefficient (Wildman–Crippen LogP) is 2.92. The molecule has 3 aromatic rings. The summed E-state index contributed by atoms with van der Waals surface area (Å²) in [5.41, 5.74) is 6.94. The Morgan fingerprint density at radius 1 is 1.27 bits per heavy atom. The summed E-state index contributed by atoms with van der Waals surface area (Å²) in [5, 5.41) is 8.82. The van der Waals surface area contributed by atoms with Crippen molar-refractivity contribution in [3.05, 3.63) is 64.7 Å². The van der Waals surface area contributed by atoms with Crippen LogP contribution in [0.1, 0.15) is 17.5 Å². The number of carbonyl (C=O) groups excluding carboxylic acids is 1. The summed E-state index contributed by atoms with van der Waals surface area (Å²) in [5.74, 6) is -0.309. The molecule has 30 heavy (non-hydrogen) atoms. The van der Waals surface area contributed by atoms with Gasteiger partial charge < -0.3 is 10.6 Å². The number of nitrogens with zero attached hydrogens (tertiary/aromatic N) is 1. The van der Waals surface area contributed by atoms with Crippen LogP contribution in [-0.2, 0) is 21.4 Å². The van der Waals surface area contributed by atoms with E-state index >= 15 is 0 Å². The molecule has 0 saturated carbocycles. The lowest BCUT2D eigenvalue weighted by atomic mass is 10.1. The molecule has 0 bridgehead atoms. The number of likely N-dealkylation sites (tertiary alicyclic amines) is 1. The minimum atomic E-state index is -3.83. The van der Waals surface area contributed by atoms with Crippen molar-refractivity contribution in [2.45, 2.75) is 23.2 Å². The molecule has 2 heterocycles. The lowest BCUT2D eigenvalue weighted by Gasteiger charge is -2.17. The summed E-state index contributed by atoms with van der Waals surface area (Å²) in [4.78, 5) is 14.4. The monoisotopic (exact) mass is 462 g/mol. The molecule has 1 aliphatic rings. The van der Waals surface area contributed by atoms with E-state index in [0.29, 0.717) is 30.1 Å². The number of halogens is 1. The van der Waals surface area contributed by atoms with Gasteiger partial charge in [-0.15, -0.1) is 11.3 Å². The van der Waals surface area contributed by atoms with Crippen LogP contribution in [0.2, 0.25) is 5.02 Å².